The number of nitrogens with one attached hydrogen (secondary N) is 1. The Balaban J connectivity index is 2.69. The fourth-order valence-corrected chi connectivity index (χ4v) is 1.47. The van der Waals surface area contributed by atoms with E-state index in [1.54, 1.807) is 12.4 Å². The normalized spacial score (nSPS) is 12.2. The Morgan fingerprint density at radius 3 is 2.93 bits per heavy atom. The molecule has 1 atom stereocenters. The van der Waals surface area contributed by atoms with Crippen LogP contribution in [0.1, 0.15) is 31.9 Å². The monoisotopic (exact) mass is 256 g/mol. The summed E-state index contributed by atoms with van der Waals surface area (Å²) >= 11 is 3.34. The predicted octanol–water partition coefficient (Wildman–Crippen LogP) is 2.43. The molecular formula is C10H13BrN2O. The van der Waals surface area contributed by atoms with Crippen LogP contribution >= 0.6 is 15.9 Å². The summed E-state index contributed by atoms with van der Waals surface area (Å²) in [5, 5.41) is 2.87. The lowest BCUT2D eigenvalue weighted by molar-refractivity contribution is -0.121. The zero-order chi connectivity index (χ0) is 10.6. The third-order valence-electron chi connectivity index (χ3n) is 1.92. The van der Waals surface area contributed by atoms with Gasteiger partial charge in [0.1, 0.15) is 0 Å². The molecule has 14 heavy (non-hydrogen) atoms. The van der Waals surface area contributed by atoms with Crippen molar-refractivity contribution in [1.29, 1.82) is 0 Å². The van der Waals surface area contributed by atoms with E-state index in [1.807, 2.05) is 19.9 Å². The van der Waals surface area contributed by atoms with E-state index in [2.05, 4.69) is 26.2 Å². The Hall–Kier alpha value is -0.900. The number of amides is 1. The molecule has 0 aliphatic carbocycles. The smallest absolute Gasteiger partial charge is 0.220 e. The van der Waals surface area contributed by atoms with E-state index in [4.69, 9.17) is 0 Å². The minimum atomic E-state index is 0.00690. The molecule has 0 radical (unpaired) electrons. The molecular weight excluding hydrogens is 244 g/mol. The van der Waals surface area contributed by atoms with Crippen LogP contribution in [0.5, 0.6) is 0 Å². The standard InChI is InChI=1S/C10H13BrN2O/c1-3-10(14)13-7(2)8-4-9(11)6-12-5-8/h4-7H,3H2,1-2H3,(H,13,14)/t7-/m0/s1. The highest BCUT2D eigenvalue weighted by molar-refractivity contribution is 9.10. The van der Waals surface area contributed by atoms with Gasteiger partial charge in [0.05, 0.1) is 6.04 Å². The molecule has 76 valence electrons. The largest absolute Gasteiger partial charge is 0.350 e. The van der Waals surface area contributed by atoms with Gasteiger partial charge in [-0.3, -0.25) is 9.78 Å². The fourth-order valence-electron chi connectivity index (χ4n) is 1.09. The van der Waals surface area contributed by atoms with Crippen LogP contribution < -0.4 is 5.32 Å². The minimum Gasteiger partial charge on any atom is -0.350 e. The molecule has 4 heteroatoms. The van der Waals surface area contributed by atoms with E-state index in [0.29, 0.717) is 6.42 Å². The minimum absolute atomic E-state index is 0.00690. The van der Waals surface area contributed by atoms with Crippen molar-refractivity contribution < 1.29 is 4.79 Å². The van der Waals surface area contributed by atoms with Gasteiger partial charge >= 0.3 is 0 Å². The number of carbonyl (C=O) groups excluding carboxylic acids is 1. The van der Waals surface area contributed by atoms with Gasteiger partial charge in [0.2, 0.25) is 5.91 Å². The van der Waals surface area contributed by atoms with E-state index in [9.17, 15) is 4.79 Å². The molecule has 0 fully saturated rings. The van der Waals surface area contributed by atoms with Crippen LogP contribution in [0, 0.1) is 0 Å². The highest BCUT2D eigenvalue weighted by atomic mass is 79.9. The summed E-state index contributed by atoms with van der Waals surface area (Å²) in [6, 6.07) is 1.96. The van der Waals surface area contributed by atoms with Gasteiger partial charge in [-0.25, -0.2) is 0 Å². The third-order valence-corrected chi connectivity index (χ3v) is 2.36. The van der Waals surface area contributed by atoms with Gasteiger partial charge in [0, 0.05) is 23.3 Å². The van der Waals surface area contributed by atoms with Gasteiger partial charge in [0.25, 0.3) is 0 Å². The summed E-state index contributed by atoms with van der Waals surface area (Å²) in [7, 11) is 0. The van der Waals surface area contributed by atoms with Crippen LogP contribution in [0.3, 0.4) is 0 Å². The molecule has 0 unspecified atom stereocenters. The molecule has 1 amide bonds. The summed E-state index contributed by atoms with van der Waals surface area (Å²) < 4.78 is 0.924. The Morgan fingerprint density at radius 1 is 1.64 bits per heavy atom. The highest BCUT2D eigenvalue weighted by Crippen LogP contribution is 2.16. The number of pyridine rings is 1. The van der Waals surface area contributed by atoms with Crippen LogP contribution in [0.15, 0.2) is 22.9 Å². The first kappa shape index (κ1) is 11.2. The quantitative estimate of drug-likeness (QED) is 0.903. The number of halogens is 1. The van der Waals surface area contributed by atoms with Crippen LogP contribution in [-0.2, 0) is 4.79 Å². The maximum atomic E-state index is 11.1. The summed E-state index contributed by atoms with van der Waals surface area (Å²) in [6.45, 7) is 3.78. The molecule has 1 aromatic rings. The molecule has 1 rings (SSSR count). The first-order chi connectivity index (χ1) is 6.63. The first-order valence-electron chi connectivity index (χ1n) is 4.53. The van der Waals surface area contributed by atoms with Gasteiger partial charge in [-0.1, -0.05) is 6.92 Å². The SMILES string of the molecule is CCC(=O)N[C@@H](C)c1cncc(Br)c1. The fraction of sp³-hybridized carbons (Fsp3) is 0.400. The summed E-state index contributed by atoms with van der Waals surface area (Å²) in [5.74, 6) is 0.0532. The second-order valence-corrected chi connectivity index (χ2v) is 3.99. The zero-order valence-corrected chi connectivity index (χ0v) is 9.84. The van der Waals surface area contributed by atoms with Gasteiger partial charge < -0.3 is 5.32 Å². The lowest BCUT2D eigenvalue weighted by Crippen LogP contribution is -2.25. The van der Waals surface area contributed by atoms with Crippen molar-refractivity contribution in [1.82, 2.24) is 10.3 Å². The topological polar surface area (TPSA) is 42.0 Å². The average Bonchev–Trinajstić information content (AvgIpc) is 2.17. The molecule has 1 aromatic heterocycles. The highest BCUT2D eigenvalue weighted by Gasteiger charge is 2.08. The van der Waals surface area contributed by atoms with Gasteiger partial charge in [0.15, 0.2) is 0 Å². The van der Waals surface area contributed by atoms with Crippen LogP contribution in [0.4, 0.5) is 0 Å². The molecule has 1 N–H and O–H groups in total. The predicted molar refractivity (Wildman–Crippen MR) is 58.8 cm³/mol. The van der Waals surface area contributed by atoms with Crippen molar-refractivity contribution in [3.63, 3.8) is 0 Å². The number of carbonyl (C=O) groups is 1. The van der Waals surface area contributed by atoms with Crippen LogP contribution in [0.2, 0.25) is 0 Å². The van der Waals surface area contributed by atoms with Crippen molar-refractivity contribution in [2.75, 3.05) is 0 Å². The Labute approximate surface area is 92.1 Å². The second kappa shape index (κ2) is 5.10. The van der Waals surface area contributed by atoms with Gasteiger partial charge in [-0.05, 0) is 34.5 Å². The van der Waals surface area contributed by atoms with E-state index in [1.165, 1.54) is 0 Å². The molecule has 0 saturated carbocycles. The zero-order valence-electron chi connectivity index (χ0n) is 8.25. The van der Waals surface area contributed by atoms with Crippen molar-refractivity contribution in [2.45, 2.75) is 26.3 Å². The Morgan fingerprint density at radius 2 is 2.36 bits per heavy atom. The number of aromatic nitrogens is 1. The molecule has 3 nitrogen and oxygen atoms in total. The van der Waals surface area contributed by atoms with E-state index in [-0.39, 0.29) is 11.9 Å². The second-order valence-electron chi connectivity index (χ2n) is 3.08. The number of hydrogen-bond acceptors (Lipinski definition) is 2. The van der Waals surface area contributed by atoms with Crippen molar-refractivity contribution >= 4 is 21.8 Å². The average molecular weight is 257 g/mol. The summed E-state index contributed by atoms with van der Waals surface area (Å²) in [4.78, 5) is 15.2. The summed E-state index contributed by atoms with van der Waals surface area (Å²) in [5.41, 5.74) is 1.00. The maximum absolute atomic E-state index is 11.1. The van der Waals surface area contributed by atoms with Crippen molar-refractivity contribution in [2.24, 2.45) is 0 Å². The first-order valence-corrected chi connectivity index (χ1v) is 5.32. The number of hydrogen-bond donors (Lipinski definition) is 1. The number of rotatable bonds is 3. The van der Waals surface area contributed by atoms with Crippen molar-refractivity contribution in [3.05, 3.63) is 28.5 Å². The molecule has 0 spiro atoms. The van der Waals surface area contributed by atoms with E-state index < -0.39 is 0 Å². The molecule has 0 saturated heterocycles. The lowest BCUT2D eigenvalue weighted by Gasteiger charge is -2.13. The van der Waals surface area contributed by atoms with Gasteiger partial charge in [-0.2, -0.15) is 0 Å². The van der Waals surface area contributed by atoms with E-state index in [0.717, 1.165) is 10.0 Å². The molecule has 0 aliphatic rings. The summed E-state index contributed by atoms with van der Waals surface area (Å²) in [6.07, 6.45) is 3.98. The molecule has 1 heterocycles. The number of nitrogens with zero attached hydrogens (tertiary/aromatic N) is 1. The third kappa shape index (κ3) is 3.10. The van der Waals surface area contributed by atoms with Crippen molar-refractivity contribution in [3.8, 4) is 0 Å². The Kier molecular flexibility index (Phi) is 4.07. The van der Waals surface area contributed by atoms with Crippen LogP contribution in [-0.4, -0.2) is 10.9 Å². The van der Waals surface area contributed by atoms with Gasteiger partial charge in [-0.15, -0.1) is 0 Å². The lowest BCUT2D eigenvalue weighted by atomic mass is 10.1. The molecule has 0 aliphatic heterocycles. The van der Waals surface area contributed by atoms with E-state index >= 15 is 0 Å². The van der Waals surface area contributed by atoms with Crippen LogP contribution in [0.25, 0.3) is 0 Å². The molecule has 0 aromatic carbocycles. The molecule has 0 bridgehead atoms. The maximum Gasteiger partial charge on any atom is 0.220 e. The Bertz CT molecular complexity index is 328.